The van der Waals surface area contributed by atoms with E-state index >= 15 is 0 Å². The van der Waals surface area contributed by atoms with Gasteiger partial charge in [0.15, 0.2) is 0 Å². The lowest BCUT2D eigenvalue weighted by molar-refractivity contribution is -0.117. The van der Waals surface area contributed by atoms with Gasteiger partial charge in [0.1, 0.15) is 5.82 Å². The van der Waals surface area contributed by atoms with Crippen molar-refractivity contribution in [1.29, 1.82) is 0 Å². The van der Waals surface area contributed by atoms with Crippen LogP contribution in [-0.4, -0.2) is 37.4 Å². The number of hydrogen-bond acceptors (Lipinski definition) is 3. The maximum absolute atomic E-state index is 12.9. The highest BCUT2D eigenvalue weighted by Gasteiger charge is 2.09. The van der Waals surface area contributed by atoms with Crippen LogP contribution in [-0.2, 0) is 9.53 Å². The van der Waals surface area contributed by atoms with Crippen molar-refractivity contribution in [3.8, 4) is 0 Å². The van der Waals surface area contributed by atoms with E-state index in [4.69, 9.17) is 9.84 Å². The van der Waals surface area contributed by atoms with Crippen molar-refractivity contribution < 1.29 is 19.0 Å². The number of rotatable bonds is 7. The molecule has 5 heteroatoms. The largest absolute Gasteiger partial charge is 0.396 e. The highest BCUT2D eigenvalue weighted by atomic mass is 19.1. The molecule has 0 aliphatic heterocycles. The number of halogens is 1. The lowest BCUT2D eigenvalue weighted by Crippen LogP contribution is -2.37. The van der Waals surface area contributed by atoms with Gasteiger partial charge in [-0.05, 0) is 30.2 Å². The van der Waals surface area contributed by atoms with E-state index in [1.54, 1.807) is 12.1 Å². The smallest absolute Gasteiger partial charge is 0.244 e. The number of aliphatic hydroxyl groups excluding tert-OH is 1. The zero-order valence-corrected chi connectivity index (χ0v) is 10.8. The minimum atomic E-state index is -0.347. The Bertz CT molecular complexity index is 428. The first kappa shape index (κ1) is 15.3. The minimum Gasteiger partial charge on any atom is -0.396 e. The van der Waals surface area contributed by atoms with Gasteiger partial charge < -0.3 is 15.2 Å². The number of benzene rings is 1. The third kappa shape index (κ3) is 6.13. The monoisotopic (exact) mass is 267 g/mol. The number of methoxy groups -OCH3 is 1. The van der Waals surface area contributed by atoms with Gasteiger partial charge in [-0.2, -0.15) is 0 Å². The fourth-order valence-corrected chi connectivity index (χ4v) is 1.59. The summed E-state index contributed by atoms with van der Waals surface area (Å²) in [5.74, 6) is -0.653. The standard InChI is InChI=1S/C14H18FNO3/c1-19-10-13(7-8-17)16-14(18)6-5-11-3-2-4-12(15)9-11/h2-6,9,13,17H,7-8,10H2,1H3,(H,16,18)/b6-5+. The molecular weight excluding hydrogens is 249 g/mol. The minimum absolute atomic E-state index is 0.0259. The molecule has 0 fully saturated rings. The second-order valence-electron chi connectivity index (χ2n) is 4.06. The van der Waals surface area contributed by atoms with Crippen LogP contribution in [0, 0.1) is 5.82 Å². The molecule has 0 saturated heterocycles. The summed E-state index contributed by atoms with van der Waals surface area (Å²) in [6, 6.07) is 5.72. The fraction of sp³-hybridized carbons (Fsp3) is 0.357. The highest BCUT2D eigenvalue weighted by molar-refractivity contribution is 5.91. The molecule has 0 bridgehead atoms. The van der Waals surface area contributed by atoms with Gasteiger partial charge in [0, 0.05) is 19.8 Å². The summed E-state index contributed by atoms with van der Waals surface area (Å²) in [6.45, 7) is 0.308. The van der Waals surface area contributed by atoms with Crippen LogP contribution in [0.4, 0.5) is 4.39 Å². The zero-order valence-electron chi connectivity index (χ0n) is 10.8. The predicted molar refractivity (Wildman–Crippen MR) is 70.9 cm³/mol. The van der Waals surface area contributed by atoms with E-state index in [0.717, 1.165) is 0 Å². The number of ether oxygens (including phenoxy) is 1. The van der Waals surface area contributed by atoms with E-state index < -0.39 is 0 Å². The maximum atomic E-state index is 12.9. The molecule has 0 aliphatic rings. The molecule has 1 aromatic rings. The molecule has 0 aromatic heterocycles. The van der Waals surface area contributed by atoms with E-state index in [1.165, 1.54) is 31.4 Å². The van der Waals surface area contributed by atoms with Crippen LogP contribution >= 0.6 is 0 Å². The van der Waals surface area contributed by atoms with Crippen LogP contribution in [0.1, 0.15) is 12.0 Å². The molecule has 2 N–H and O–H groups in total. The Hall–Kier alpha value is -1.72. The molecule has 0 spiro atoms. The van der Waals surface area contributed by atoms with E-state index in [0.29, 0.717) is 18.6 Å². The second-order valence-corrected chi connectivity index (χ2v) is 4.06. The van der Waals surface area contributed by atoms with E-state index in [1.807, 2.05) is 0 Å². The van der Waals surface area contributed by atoms with Crippen LogP contribution in [0.3, 0.4) is 0 Å². The van der Waals surface area contributed by atoms with Gasteiger partial charge >= 0.3 is 0 Å². The van der Waals surface area contributed by atoms with Crippen molar-refractivity contribution in [3.63, 3.8) is 0 Å². The summed E-state index contributed by atoms with van der Waals surface area (Å²) in [6.07, 6.45) is 3.28. The third-order valence-electron chi connectivity index (χ3n) is 2.47. The van der Waals surface area contributed by atoms with E-state index in [2.05, 4.69) is 5.32 Å². The van der Waals surface area contributed by atoms with Crippen molar-refractivity contribution in [2.24, 2.45) is 0 Å². The average Bonchev–Trinajstić information content (AvgIpc) is 2.37. The van der Waals surface area contributed by atoms with Crippen LogP contribution in [0.15, 0.2) is 30.3 Å². The van der Waals surface area contributed by atoms with Gasteiger partial charge in [-0.25, -0.2) is 4.39 Å². The summed E-state index contributed by atoms with van der Waals surface area (Å²) in [4.78, 5) is 11.6. The van der Waals surface area contributed by atoms with Crippen molar-refractivity contribution in [2.75, 3.05) is 20.3 Å². The Kier molecular flexibility index (Phi) is 6.78. The van der Waals surface area contributed by atoms with Crippen molar-refractivity contribution in [1.82, 2.24) is 5.32 Å². The van der Waals surface area contributed by atoms with Crippen molar-refractivity contribution in [2.45, 2.75) is 12.5 Å². The molecule has 1 amide bonds. The molecule has 0 heterocycles. The first-order valence-electron chi connectivity index (χ1n) is 5.99. The molecule has 19 heavy (non-hydrogen) atoms. The van der Waals surface area contributed by atoms with Gasteiger partial charge in [-0.1, -0.05) is 12.1 Å². The summed E-state index contributed by atoms with van der Waals surface area (Å²) < 4.78 is 17.9. The number of carbonyl (C=O) groups is 1. The summed E-state index contributed by atoms with van der Waals surface area (Å²) in [5, 5.41) is 11.5. The number of nitrogens with one attached hydrogen (secondary N) is 1. The van der Waals surface area contributed by atoms with Crippen LogP contribution in [0.2, 0.25) is 0 Å². The van der Waals surface area contributed by atoms with E-state index in [9.17, 15) is 9.18 Å². The summed E-state index contributed by atoms with van der Waals surface area (Å²) in [5.41, 5.74) is 0.612. The molecule has 0 radical (unpaired) electrons. The third-order valence-corrected chi connectivity index (χ3v) is 2.47. The Morgan fingerprint density at radius 1 is 1.58 bits per heavy atom. The SMILES string of the molecule is COCC(CCO)NC(=O)/C=C/c1cccc(F)c1. The Morgan fingerprint density at radius 3 is 3.00 bits per heavy atom. The first-order valence-corrected chi connectivity index (χ1v) is 5.99. The Balaban J connectivity index is 2.53. The van der Waals surface area contributed by atoms with Gasteiger partial charge in [0.05, 0.1) is 12.6 Å². The zero-order chi connectivity index (χ0) is 14.1. The summed E-state index contributed by atoms with van der Waals surface area (Å²) >= 11 is 0. The molecular formula is C14H18FNO3. The maximum Gasteiger partial charge on any atom is 0.244 e. The number of amides is 1. The molecule has 1 atom stereocenters. The average molecular weight is 267 g/mol. The molecule has 0 aliphatic carbocycles. The molecule has 4 nitrogen and oxygen atoms in total. The van der Waals surface area contributed by atoms with Crippen LogP contribution < -0.4 is 5.32 Å². The first-order chi connectivity index (χ1) is 9.15. The van der Waals surface area contributed by atoms with Crippen LogP contribution in [0.5, 0.6) is 0 Å². The number of carbonyl (C=O) groups excluding carboxylic acids is 1. The number of hydrogen-bond donors (Lipinski definition) is 2. The molecule has 1 unspecified atom stereocenters. The Labute approximate surface area is 111 Å². The second kappa shape index (κ2) is 8.39. The van der Waals surface area contributed by atoms with Gasteiger partial charge in [-0.15, -0.1) is 0 Å². The highest BCUT2D eigenvalue weighted by Crippen LogP contribution is 2.05. The molecule has 1 aromatic carbocycles. The van der Waals surface area contributed by atoms with E-state index in [-0.39, 0.29) is 24.4 Å². The van der Waals surface area contributed by atoms with Gasteiger partial charge in [0.2, 0.25) is 5.91 Å². The van der Waals surface area contributed by atoms with Crippen molar-refractivity contribution >= 4 is 12.0 Å². The lowest BCUT2D eigenvalue weighted by Gasteiger charge is -2.15. The Morgan fingerprint density at radius 2 is 2.37 bits per heavy atom. The quantitative estimate of drug-likeness (QED) is 0.733. The fourth-order valence-electron chi connectivity index (χ4n) is 1.59. The van der Waals surface area contributed by atoms with Gasteiger partial charge in [-0.3, -0.25) is 4.79 Å². The predicted octanol–water partition coefficient (Wildman–Crippen LogP) is 1.35. The summed E-state index contributed by atoms with van der Waals surface area (Å²) in [7, 11) is 1.53. The normalized spacial score (nSPS) is 12.6. The van der Waals surface area contributed by atoms with Gasteiger partial charge in [0.25, 0.3) is 0 Å². The molecule has 0 saturated carbocycles. The van der Waals surface area contributed by atoms with Crippen molar-refractivity contribution in [3.05, 3.63) is 41.7 Å². The van der Waals surface area contributed by atoms with Crippen LogP contribution in [0.25, 0.3) is 6.08 Å². The number of aliphatic hydroxyl groups is 1. The lowest BCUT2D eigenvalue weighted by atomic mass is 10.2. The topological polar surface area (TPSA) is 58.6 Å². The molecule has 1 rings (SSSR count). The molecule has 104 valence electrons.